The molecule has 0 aromatic heterocycles. The third-order valence-corrected chi connectivity index (χ3v) is 3.32. The summed E-state index contributed by atoms with van der Waals surface area (Å²) in [6.45, 7) is 3.99. The summed E-state index contributed by atoms with van der Waals surface area (Å²) in [4.78, 5) is 22.0. The summed E-state index contributed by atoms with van der Waals surface area (Å²) in [6, 6.07) is 4.33. The number of carbonyl (C=O) groups excluding carboxylic acids is 1. The number of nitro benzene ring substituents is 1. The summed E-state index contributed by atoms with van der Waals surface area (Å²) in [5.41, 5.74) is 5.74. The van der Waals surface area contributed by atoms with Gasteiger partial charge in [-0.1, -0.05) is 22.0 Å². The van der Waals surface area contributed by atoms with E-state index in [1.807, 2.05) is 13.8 Å². The molecule has 0 saturated heterocycles. The van der Waals surface area contributed by atoms with Crippen LogP contribution in [0.15, 0.2) is 22.7 Å². The van der Waals surface area contributed by atoms with Gasteiger partial charge in [-0.15, -0.1) is 12.4 Å². The third kappa shape index (κ3) is 5.44. The van der Waals surface area contributed by atoms with Gasteiger partial charge in [0, 0.05) is 28.7 Å². The monoisotopic (exact) mass is 365 g/mol. The highest BCUT2D eigenvalue weighted by Gasteiger charge is 2.19. The van der Waals surface area contributed by atoms with Gasteiger partial charge in [-0.25, -0.2) is 0 Å². The second kappa shape index (κ2) is 7.56. The maximum absolute atomic E-state index is 11.8. The molecule has 0 aliphatic carbocycles. The normalized spacial score (nSPS) is 10.6. The number of rotatable bonds is 5. The molecule has 1 aromatic carbocycles. The maximum atomic E-state index is 11.8. The van der Waals surface area contributed by atoms with E-state index >= 15 is 0 Å². The van der Waals surface area contributed by atoms with Crippen molar-refractivity contribution in [1.82, 2.24) is 5.32 Å². The van der Waals surface area contributed by atoms with Gasteiger partial charge in [0.1, 0.15) is 0 Å². The van der Waals surface area contributed by atoms with Gasteiger partial charge in [0.15, 0.2) is 0 Å². The van der Waals surface area contributed by atoms with Crippen molar-refractivity contribution < 1.29 is 9.72 Å². The summed E-state index contributed by atoms with van der Waals surface area (Å²) in [6.07, 6.45) is 0.141. The average Bonchev–Trinajstić information content (AvgIpc) is 2.30. The Morgan fingerprint density at radius 3 is 2.55 bits per heavy atom. The molecule has 0 spiro atoms. The average molecular weight is 367 g/mol. The van der Waals surface area contributed by atoms with E-state index < -0.39 is 10.5 Å². The van der Waals surface area contributed by atoms with Gasteiger partial charge in [0.05, 0.1) is 11.3 Å². The van der Waals surface area contributed by atoms with Crippen LogP contribution in [0.1, 0.15) is 19.4 Å². The molecule has 112 valence electrons. The first-order valence-electron chi connectivity index (χ1n) is 5.69. The molecule has 1 rings (SSSR count). The van der Waals surface area contributed by atoms with E-state index in [9.17, 15) is 14.9 Å². The molecule has 1 aromatic rings. The molecule has 0 aliphatic heterocycles. The quantitative estimate of drug-likeness (QED) is 0.616. The third-order valence-electron chi connectivity index (χ3n) is 2.59. The topological polar surface area (TPSA) is 98.3 Å². The van der Waals surface area contributed by atoms with Gasteiger partial charge < -0.3 is 11.1 Å². The van der Waals surface area contributed by atoms with Crippen molar-refractivity contribution in [3.05, 3.63) is 38.3 Å². The van der Waals surface area contributed by atoms with Crippen molar-refractivity contribution in [2.45, 2.75) is 25.8 Å². The van der Waals surface area contributed by atoms with Crippen LogP contribution < -0.4 is 11.1 Å². The van der Waals surface area contributed by atoms with Crippen LogP contribution in [0, 0.1) is 10.1 Å². The van der Waals surface area contributed by atoms with Crippen LogP contribution >= 0.6 is 28.3 Å². The van der Waals surface area contributed by atoms with E-state index in [4.69, 9.17) is 5.73 Å². The molecule has 0 bridgehead atoms. The second-order valence-electron chi connectivity index (χ2n) is 4.85. The number of nitrogens with zero attached hydrogens (tertiary/aromatic N) is 1. The highest BCUT2D eigenvalue weighted by molar-refractivity contribution is 9.10. The first-order valence-corrected chi connectivity index (χ1v) is 6.48. The molecule has 0 aliphatic rings. The lowest BCUT2D eigenvalue weighted by atomic mass is 10.0. The number of benzene rings is 1. The summed E-state index contributed by atoms with van der Waals surface area (Å²) < 4.78 is 0.544. The summed E-state index contributed by atoms with van der Waals surface area (Å²) in [7, 11) is 0. The molecule has 6 nitrogen and oxygen atoms in total. The molecule has 1 amide bonds. The predicted molar refractivity (Wildman–Crippen MR) is 83.0 cm³/mol. The lowest BCUT2D eigenvalue weighted by molar-refractivity contribution is -0.384. The largest absolute Gasteiger partial charge is 0.350 e. The Bertz CT molecular complexity index is 509. The lowest BCUT2D eigenvalue weighted by Gasteiger charge is -2.24. The summed E-state index contributed by atoms with van der Waals surface area (Å²) in [5, 5.41) is 13.4. The molecule has 0 saturated carbocycles. The fraction of sp³-hybridized carbons (Fsp3) is 0.417. The van der Waals surface area contributed by atoms with Crippen LogP contribution in [-0.4, -0.2) is 22.9 Å². The van der Waals surface area contributed by atoms with Crippen LogP contribution in [0.2, 0.25) is 0 Å². The van der Waals surface area contributed by atoms with Crippen molar-refractivity contribution in [3.63, 3.8) is 0 Å². The highest BCUT2D eigenvalue weighted by atomic mass is 79.9. The summed E-state index contributed by atoms with van der Waals surface area (Å²) >= 11 is 3.23. The van der Waals surface area contributed by atoms with Crippen LogP contribution in [-0.2, 0) is 11.2 Å². The van der Waals surface area contributed by atoms with Crippen LogP contribution in [0.3, 0.4) is 0 Å². The molecule has 0 fully saturated rings. The number of hydrogen-bond acceptors (Lipinski definition) is 4. The SMILES string of the molecule is CC(C)(CN)NC(=O)Cc1ccc([N+](=O)[O-])cc1Br.Cl. The Balaban J connectivity index is 0.00000361. The fourth-order valence-electron chi connectivity index (χ4n) is 1.44. The zero-order valence-electron chi connectivity index (χ0n) is 11.2. The zero-order chi connectivity index (χ0) is 14.6. The van der Waals surface area contributed by atoms with Crippen molar-refractivity contribution in [2.75, 3.05) is 6.54 Å². The second-order valence-corrected chi connectivity index (χ2v) is 5.70. The smallest absolute Gasteiger partial charge is 0.270 e. The lowest BCUT2D eigenvalue weighted by Crippen LogP contribution is -2.49. The van der Waals surface area contributed by atoms with E-state index in [-0.39, 0.29) is 30.4 Å². The van der Waals surface area contributed by atoms with Crippen molar-refractivity contribution in [2.24, 2.45) is 5.73 Å². The minimum atomic E-state index is -0.480. The van der Waals surface area contributed by atoms with Gasteiger partial charge in [-0.05, 0) is 19.4 Å². The number of non-ortho nitro benzene ring substituents is 1. The maximum Gasteiger partial charge on any atom is 0.270 e. The molecule has 8 heteroatoms. The van der Waals surface area contributed by atoms with Gasteiger partial charge in [0.25, 0.3) is 5.69 Å². The Morgan fingerprint density at radius 1 is 1.50 bits per heavy atom. The molecule has 20 heavy (non-hydrogen) atoms. The van der Waals surface area contributed by atoms with E-state index in [0.29, 0.717) is 16.6 Å². The standard InChI is InChI=1S/C12H16BrN3O3.ClH/c1-12(2,7-14)15-11(17)5-8-3-4-9(16(18)19)6-10(8)13;/h3-4,6H,5,7,14H2,1-2H3,(H,15,17);1H. The van der Waals surface area contributed by atoms with Crippen molar-refractivity contribution in [3.8, 4) is 0 Å². The van der Waals surface area contributed by atoms with Crippen LogP contribution in [0.5, 0.6) is 0 Å². The Labute approximate surface area is 131 Å². The number of amides is 1. The Kier molecular flexibility index (Phi) is 7.12. The number of nitrogens with two attached hydrogens (primary N) is 1. The number of nitrogens with one attached hydrogen (secondary N) is 1. The molecular weight excluding hydrogens is 350 g/mol. The fourth-order valence-corrected chi connectivity index (χ4v) is 1.95. The van der Waals surface area contributed by atoms with Gasteiger partial charge in [-0.2, -0.15) is 0 Å². The minimum Gasteiger partial charge on any atom is -0.350 e. The molecular formula is C12H17BrClN3O3. The predicted octanol–water partition coefficient (Wildman–Crippen LogP) is 2.18. The zero-order valence-corrected chi connectivity index (χ0v) is 13.6. The minimum absolute atomic E-state index is 0. The van der Waals surface area contributed by atoms with Crippen LogP contribution in [0.4, 0.5) is 5.69 Å². The number of halogens is 2. The summed E-state index contributed by atoms with van der Waals surface area (Å²) in [5.74, 6) is -0.176. The van der Waals surface area contributed by atoms with Gasteiger partial charge >= 0.3 is 0 Å². The number of hydrogen-bond donors (Lipinski definition) is 2. The first-order chi connectivity index (χ1) is 8.75. The van der Waals surface area contributed by atoms with Gasteiger partial charge in [0.2, 0.25) is 5.91 Å². The Morgan fingerprint density at radius 2 is 2.10 bits per heavy atom. The van der Waals surface area contributed by atoms with Crippen molar-refractivity contribution >= 4 is 39.9 Å². The number of carbonyl (C=O) groups is 1. The van der Waals surface area contributed by atoms with Crippen molar-refractivity contribution in [1.29, 1.82) is 0 Å². The Hall–Kier alpha value is -1.18. The molecule has 0 heterocycles. The van der Waals surface area contributed by atoms with E-state index in [1.165, 1.54) is 12.1 Å². The van der Waals surface area contributed by atoms with E-state index in [2.05, 4.69) is 21.2 Å². The molecule has 0 unspecified atom stereocenters. The highest BCUT2D eigenvalue weighted by Crippen LogP contribution is 2.23. The number of nitro groups is 1. The van der Waals surface area contributed by atoms with Gasteiger partial charge in [-0.3, -0.25) is 14.9 Å². The molecule has 3 N–H and O–H groups in total. The first kappa shape index (κ1) is 18.8. The molecule has 0 radical (unpaired) electrons. The molecule has 0 atom stereocenters. The van der Waals surface area contributed by atoms with Crippen LogP contribution in [0.25, 0.3) is 0 Å². The van der Waals surface area contributed by atoms with E-state index in [1.54, 1.807) is 6.07 Å². The van der Waals surface area contributed by atoms with E-state index in [0.717, 1.165) is 0 Å².